The zero-order valence-electron chi connectivity index (χ0n) is 6.85. The number of thiol groups is 1. The summed E-state index contributed by atoms with van der Waals surface area (Å²) in [4.78, 5) is 0. The monoisotopic (exact) mass is 156 g/mol. The van der Waals surface area contributed by atoms with Crippen LogP contribution in [0.3, 0.4) is 0 Å². The summed E-state index contributed by atoms with van der Waals surface area (Å²) < 4.78 is 0.214. The van der Waals surface area contributed by atoms with Gasteiger partial charge in [-0.2, -0.15) is 12.6 Å². The van der Waals surface area contributed by atoms with Gasteiger partial charge in [0, 0.05) is 4.75 Å². The van der Waals surface area contributed by atoms with Gasteiger partial charge in [-0.05, 0) is 25.7 Å². The standard InChI is InChI=1S/C9H16S/c1-9(2,10)7-3-4-8-5-6-8/h4,10H,3,5-7H2,1-2H3. The van der Waals surface area contributed by atoms with Crippen molar-refractivity contribution >= 4 is 12.6 Å². The fourth-order valence-electron chi connectivity index (χ4n) is 0.906. The molecule has 0 spiro atoms. The summed E-state index contributed by atoms with van der Waals surface area (Å²) in [6.45, 7) is 4.34. The van der Waals surface area contributed by atoms with Gasteiger partial charge < -0.3 is 0 Å². The number of hydrogen-bond donors (Lipinski definition) is 1. The van der Waals surface area contributed by atoms with Crippen LogP contribution in [-0.4, -0.2) is 4.75 Å². The lowest BCUT2D eigenvalue weighted by atomic mass is 10.1. The average Bonchev–Trinajstić information content (AvgIpc) is 2.45. The third-order valence-electron chi connectivity index (χ3n) is 1.73. The maximum Gasteiger partial charge on any atom is 0.00761 e. The van der Waals surface area contributed by atoms with E-state index in [0.717, 1.165) is 0 Å². The lowest BCUT2D eigenvalue weighted by molar-refractivity contribution is 0.653. The van der Waals surface area contributed by atoms with E-state index in [1.54, 1.807) is 5.57 Å². The molecule has 0 aliphatic heterocycles. The smallest absolute Gasteiger partial charge is 0.00761 e. The molecule has 1 aliphatic rings. The van der Waals surface area contributed by atoms with Crippen LogP contribution < -0.4 is 0 Å². The van der Waals surface area contributed by atoms with E-state index in [0.29, 0.717) is 0 Å². The Morgan fingerprint density at radius 2 is 2.10 bits per heavy atom. The van der Waals surface area contributed by atoms with E-state index in [-0.39, 0.29) is 4.75 Å². The maximum atomic E-state index is 4.45. The molecule has 0 atom stereocenters. The summed E-state index contributed by atoms with van der Waals surface area (Å²) in [5.41, 5.74) is 1.65. The highest BCUT2D eigenvalue weighted by atomic mass is 32.1. The SMILES string of the molecule is CC(C)(S)CCC=C1CC1. The van der Waals surface area contributed by atoms with Gasteiger partial charge >= 0.3 is 0 Å². The Hall–Kier alpha value is 0.0900. The normalized spacial score (nSPS) is 17.3. The minimum Gasteiger partial charge on any atom is -0.173 e. The van der Waals surface area contributed by atoms with Crippen LogP contribution in [-0.2, 0) is 0 Å². The van der Waals surface area contributed by atoms with Crippen molar-refractivity contribution in [3.8, 4) is 0 Å². The second-order valence-corrected chi connectivity index (χ2v) is 4.92. The first-order valence-electron chi connectivity index (χ1n) is 3.98. The predicted molar refractivity (Wildman–Crippen MR) is 49.6 cm³/mol. The Morgan fingerprint density at radius 1 is 1.50 bits per heavy atom. The van der Waals surface area contributed by atoms with Crippen molar-refractivity contribution in [3.63, 3.8) is 0 Å². The van der Waals surface area contributed by atoms with Crippen molar-refractivity contribution in [2.75, 3.05) is 0 Å². The molecule has 0 unspecified atom stereocenters. The molecule has 10 heavy (non-hydrogen) atoms. The van der Waals surface area contributed by atoms with E-state index >= 15 is 0 Å². The van der Waals surface area contributed by atoms with Crippen LogP contribution in [0.5, 0.6) is 0 Å². The molecule has 0 bridgehead atoms. The molecule has 1 fully saturated rings. The molecule has 0 radical (unpaired) electrons. The van der Waals surface area contributed by atoms with Gasteiger partial charge in [0.05, 0.1) is 0 Å². The van der Waals surface area contributed by atoms with E-state index in [4.69, 9.17) is 0 Å². The van der Waals surface area contributed by atoms with E-state index < -0.39 is 0 Å². The van der Waals surface area contributed by atoms with Gasteiger partial charge in [-0.15, -0.1) is 0 Å². The van der Waals surface area contributed by atoms with Crippen LogP contribution in [0, 0.1) is 0 Å². The zero-order chi connectivity index (χ0) is 7.61. The molecule has 1 rings (SSSR count). The van der Waals surface area contributed by atoms with Gasteiger partial charge in [0.15, 0.2) is 0 Å². The highest BCUT2D eigenvalue weighted by Gasteiger charge is 2.12. The highest BCUT2D eigenvalue weighted by molar-refractivity contribution is 7.81. The van der Waals surface area contributed by atoms with Gasteiger partial charge in [0.2, 0.25) is 0 Å². The number of hydrogen-bond acceptors (Lipinski definition) is 1. The molecule has 0 aromatic rings. The Bertz CT molecular complexity index is 133. The van der Waals surface area contributed by atoms with E-state index in [2.05, 4.69) is 32.6 Å². The van der Waals surface area contributed by atoms with Crippen LogP contribution in [0.15, 0.2) is 11.6 Å². The highest BCUT2D eigenvalue weighted by Crippen LogP contribution is 2.29. The fourth-order valence-corrected chi connectivity index (χ4v) is 1.03. The molecule has 0 saturated heterocycles. The van der Waals surface area contributed by atoms with E-state index in [9.17, 15) is 0 Å². The molecular formula is C9H16S. The Labute approximate surface area is 69.1 Å². The summed E-state index contributed by atoms with van der Waals surface area (Å²) >= 11 is 4.45. The minimum atomic E-state index is 0.214. The van der Waals surface area contributed by atoms with Crippen molar-refractivity contribution in [2.24, 2.45) is 0 Å². The molecule has 58 valence electrons. The second-order valence-electron chi connectivity index (χ2n) is 3.71. The summed E-state index contributed by atoms with van der Waals surface area (Å²) in [5, 5.41) is 0. The summed E-state index contributed by atoms with van der Waals surface area (Å²) in [6, 6.07) is 0. The Morgan fingerprint density at radius 3 is 2.50 bits per heavy atom. The molecule has 0 aromatic carbocycles. The van der Waals surface area contributed by atoms with Gasteiger partial charge in [0.1, 0.15) is 0 Å². The third kappa shape index (κ3) is 3.99. The van der Waals surface area contributed by atoms with Gasteiger partial charge in [-0.3, -0.25) is 0 Å². The van der Waals surface area contributed by atoms with E-state index in [1.807, 2.05) is 0 Å². The molecule has 0 aromatic heterocycles. The lowest BCUT2D eigenvalue weighted by Crippen LogP contribution is -2.08. The van der Waals surface area contributed by atoms with Crippen LogP contribution in [0.2, 0.25) is 0 Å². The van der Waals surface area contributed by atoms with Gasteiger partial charge in [-0.25, -0.2) is 0 Å². The molecule has 1 aliphatic carbocycles. The molecule has 0 nitrogen and oxygen atoms in total. The predicted octanol–water partition coefficient (Wildman–Crippen LogP) is 3.20. The fraction of sp³-hybridized carbons (Fsp3) is 0.778. The first kappa shape index (κ1) is 8.19. The van der Waals surface area contributed by atoms with Crippen LogP contribution in [0.25, 0.3) is 0 Å². The Balaban J connectivity index is 2.10. The van der Waals surface area contributed by atoms with Crippen LogP contribution in [0.4, 0.5) is 0 Å². The molecule has 1 saturated carbocycles. The number of rotatable bonds is 3. The van der Waals surface area contributed by atoms with Crippen LogP contribution in [0.1, 0.15) is 39.5 Å². The first-order valence-corrected chi connectivity index (χ1v) is 4.43. The number of allylic oxidation sites excluding steroid dienone is 2. The largest absolute Gasteiger partial charge is 0.173 e. The molecular weight excluding hydrogens is 140 g/mol. The summed E-state index contributed by atoms with van der Waals surface area (Å²) in [7, 11) is 0. The van der Waals surface area contributed by atoms with E-state index in [1.165, 1.54) is 25.7 Å². The lowest BCUT2D eigenvalue weighted by Gasteiger charge is -2.14. The van der Waals surface area contributed by atoms with Crippen molar-refractivity contribution in [1.82, 2.24) is 0 Å². The first-order chi connectivity index (χ1) is 4.58. The molecule has 0 amide bonds. The van der Waals surface area contributed by atoms with Crippen LogP contribution >= 0.6 is 12.6 Å². The van der Waals surface area contributed by atoms with Crippen molar-refractivity contribution < 1.29 is 0 Å². The molecule has 0 N–H and O–H groups in total. The second kappa shape index (κ2) is 3.00. The van der Waals surface area contributed by atoms with Gasteiger partial charge in [0.25, 0.3) is 0 Å². The average molecular weight is 156 g/mol. The summed E-state index contributed by atoms with van der Waals surface area (Å²) in [5.74, 6) is 0. The quantitative estimate of drug-likeness (QED) is 0.471. The minimum absolute atomic E-state index is 0.214. The van der Waals surface area contributed by atoms with Crippen molar-refractivity contribution in [2.45, 2.75) is 44.3 Å². The third-order valence-corrected chi connectivity index (χ3v) is 1.95. The zero-order valence-corrected chi connectivity index (χ0v) is 7.75. The topological polar surface area (TPSA) is 0 Å². The van der Waals surface area contributed by atoms with Crippen molar-refractivity contribution in [1.29, 1.82) is 0 Å². The summed E-state index contributed by atoms with van der Waals surface area (Å²) in [6.07, 6.45) is 7.49. The molecule has 1 heteroatoms. The van der Waals surface area contributed by atoms with Gasteiger partial charge in [-0.1, -0.05) is 25.5 Å². The maximum absolute atomic E-state index is 4.45. The van der Waals surface area contributed by atoms with Crippen molar-refractivity contribution in [3.05, 3.63) is 11.6 Å². The Kier molecular flexibility index (Phi) is 2.45. The molecule has 0 heterocycles.